The SMILES string of the molecule is O=C(CCn1cnc2ccccc2c1=O)OCc1coc(-c2cccs2)n1. The number of hydrogen-bond acceptors (Lipinski definition) is 7. The number of carbonyl (C=O) groups is 1. The molecule has 0 amide bonds. The lowest BCUT2D eigenvalue weighted by molar-refractivity contribution is -0.145. The molecule has 0 unspecified atom stereocenters. The quantitative estimate of drug-likeness (QED) is 0.477. The molecular weight excluding hydrogens is 366 g/mol. The van der Waals surface area contributed by atoms with Crippen LogP contribution in [0.15, 0.2) is 63.6 Å². The van der Waals surface area contributed by atoms with Crippen molar-refractivity contribution in [1.82, 2.24) is 14.5 Å². The number of thiophene rings is 1. The van der Waals surface area contributed by atoms with Gasteiger partial charge in [-0.1, -0.05) is 18.2 Å². The van der Waals surface area contributed by atoms with Crippen molar-refractivity contribution in [2.45, 2.75) is 19.6 Å². The number of fused-ring (bicyclic) bond motifs is 1. The molecule has 1 aromatic carbocycles. The average Bonchev–Trinajstić information content (AvgIpc) is 3.37. The Morgan fingerprint density at radius 2 is 2.11 bits per heavy atom. The van der Waals surface area contributed by atoms with E-state index >= 15 is 0 Å². The predicted octanol–water partition coefficient (Wildman–Crippen LogP) is 3.25. The fourth-order valence-corrected chi connectivity index (χ4v) is 3.25. The second-order valence-electron chi connectivity index (χ2n) is 5.79. The molecule has 0 spiro atoms. The molecule has 0 N–H and O–H groups in total. The van der Waals surface area contributed by atoms with Gasteiger partial charge in [-0.25, -0.2) is 9.97 Å². The van der Waals surface area contributed by atoms with Crippen LogP contribution in [0.3, 0.4) is 0 Å². The van der Waals surface area contributed by atoms with E-state index in [9.17, 15) is 9.59 Å². The monoisotopic (exact) mass is 381 g/mol. The number of rotatable bonds is 6. The summed E-state index contributed by atoms with van der Waals surface area (Å²) in [5.41, 5.74) is 0.996. The highest BCUT2D eigenvalue weighted by atomic mass is 32.1. The molecule has 3 aromatic heterocycles. The third-order valence-electron chi connectivity index (χ3n) is 3.95. The minimum Gasteiger partial charge on any atom is -0.459 e. The number of benzene rings is 1. The molecule has 0 saturated heterocycles. The molecule has 136 valence electrons. The van der Waals surface area contributed by atoms with Gasteiger partial charge in [-0.05, 0) is 23.6 Å². The minimum atomic E-state index is -0.421. The van der Waals surface area contributed by atoms with Crippen molar-refractivity contribution in [1.29, 1.82) is 0 Å². The smallest absolute Gasteiger partial charge is 0.307 e. The van der Waals surface area contributed by atoms with E-state index in [1.54, 1.807) is 18.2 Å². The van der Waals surface area contributed by atoms with Crippen molar-refractivity contribution < 1.29 is 13.9 Å². The number of carbonyl (C=O) groups excluding carboxylic acids is 1. The van der Waals surface area contributed by atoms with Crippen LogP contribution in [-0.2, 0) is 22.7 Å². The first-order chi connectivity index (χ1) is 13.2. The van der Waals surface area contributed by atoms with Crippen LogP contribution in [0.5, 0.6) is 0 Å². The number of aryl methyl sites for hydroxylation is 1. The van der Waals surface area contributed by atoms with E-state index in [2.05, 4.69) is 9.97 Å². The zero-order valence-electron chi connectivity index (χ0n) is 14.2. The lowest BCUT2D eigenvalue weighted by atomic mass is 10.2. The summed E-state index contributed by atoms with van der Waals surface area (Å²) in [6, 6.07) is 10.9. The Kier molecular flexibility index (Phi) is 4.80. The number of ether oxygens (including phenoxy) is 1. The summed E-state index contributed by atoms with van der Waals surface area (Å²) in [6.45, 7) is 0.230. The van der Waals surface area contributed by atoms with Gasteiger partial charge in [-0.2, -0.15) is 0 Å². The van der Waals surface area contributed by atoms with Crippen molar-refractivity contribution in [3.05, 3.63) is 70.4 Å². The van der Waals surface area contributed by atoms with Crippen LogP contribution in [0.25, 0.3) is 21.7 Å². The summed E-state index contributed by atoms with van der Waals surface area (Å²) in [5.74, 6) is 0.0839. The molecule has 0 aliphatic rings. The number of oxazole rings is 1. The lowest BCUT2D eigenvalue weighted by Crippen LogP contribution is -2.22. The first-order valence-corrected chi connectivity index (χ1v) is 9.17. The molecule has 7 nitrogen and oxygen atoms in total. The standard InChI is InChI=1S/C19H15N3O4S/c23-17(25-10-13-11-26-18(21-13)16-6-3-9-27-16)7-8-22-12-20-15-5-2-1-4-14(15)19(22)24/h1-6,9,11-12H,7-8,10H2. The van der Waals surface area contributed by atoms with Crippen LogP contribution in [0.4, 0.5) is 0 Å². The lowest BCUT2D eigenvalue weighted by Gasteiger charge is -2.06. The zero-order chi connectivity index (χ0) is 18.6. The number of aromatic nitrogens is 3. The van der Waals surface area contributed by atoms with Crippen LogP contribution in [0, 0.1) is 0 Å². The molecule has 0 bridgehead atoms. The Morgan fingerprint density at radius 3 is 2.96 bits per heavy atom. The largest absolute Gasteiger partial charge is 0.459 e. The normalized spacial score (nSPS) is 11.0. The Labute approximate surface area is 157 Å². The third-order valence-corrected chi connectivity index (χ3v) is 4.81. The highest BCUT2D eigenvalue weighted by Crippen LogP contribution is 2.23. The van der Waals surface area contributed by atoms with Gasteiger partial charge in [-0.3, -0.25) is 14.2 Å². The first-order valence-electron chi connectivity index (χ1n) is 8.29. The van der Waals surface area contributed by atoms with Gasteiger partial charge in [0.2, 0.25) is 5.89 Å². The van der Waals surface area contributed by atoms with E-state index in [-0.39, 0.29) is 25.1 Å². The van der Waals surface area contributed by atoms with Gasteiger partial charge < -0.3 is 9.15 Å². The van der Waals surface area contributed by atoms with Crippen molar-refractivity contribution in [2.24, 2.45) is 0 Å². The maximum Gasteiger partial charge on any atom is 0.307 e. The molecule has 0 aliphatic carbocycles. The Morgan fingerprint density at radius 1 is 1.22 bits per heavy atom. The maximum absolute atomic E-state index is 12.4. The van der Waals surface area contributed by atoms with Gasteiger partial charge in [-0.15, -0.1) is 11.3 Å². The van der Waals surface area contributed by atoms with E-state index in [4.69, 9.17) is 9.15 Å². The third kappa shape index (κ3) is 3.80. The van der Waals surface area contributed by atoms with E-state index in [1.807, 2.05) is 23.6 Å². The van der Waals surface area contributed by atoms with Crippen LogP contribution >= 0.6 is 11.3 Å². The molecule has 0 aliphatic heterocycles. The molecule has 4 aromatic rings. The number of para-hydroxylation sites is 1. The first kappa shape index (κ1) is 17.2. The Balaban J connectivity index is 1.34. The van der Waals surface area contributed by atoms with Crippen LogP contribution < -0.4 is 5.56 Å². The molecule has 0 fully saturated rings. The summed E-state index contributed by atoms with van der Waals surface area (Å²) >= 11 is 1.52. The second kappa shape index (κ2) is 7.55. The highest BCUT2D eigenvalue weighted by molar-refractivity contribution is 7.13. The predicted molar refractivity (Wildman–Crippen MR) is 100 cm³/mol. The van der Waals surface area contributed by atoms with Crippen molar-refractivity contribution >= 4 is 28.2 Å². The molecule has 0 atom stereocenters. The molecule has 3 heterocycles. The number of nitrogens with zero attached hydrogens (tertiary/aromatic N) is 3. The maximum atomic E-state index is 12.4. The zero-order valence-corrected chi connectivity index (χ0v) is 15.0. The fourth-order valence-electron chi connectivity index (χ4n) is 2.59. The molecular formula is C19H15N3O4S. The van der Waals surface area contributed by atoms with Crippen molar-refractivity contribution in [3.8, 4) is 10.8 Å². The van der Waals surface area contributed by atoms with Crippen molar-refractivity contribution in [2.75, 3.05) is 0 Å². The molecule has 8 heteroatoms. The van der Waals surface area contributed by atoms with Gasteiger partial charge in [0.1, 0.15) is 18.6 Å². The summed E-state index contributed by atoms with van der Waals surface area (Å²) in [5, 5.41) is 2.46. The van der Waals surface area contributed by atoms with Gasteiger partial charge in [0.25, 0.3) is 5.56 Å². The van der Waals surface area contributed by atoms with Crippen LogP contribution in [0.1, 0.15) is 12.1 Å². The molecule has 0 saturated carbocycles. The number of esters is 1. The topological polar surface area (TPSA) is 87.2 Å². The highest BCUT2D eigenvalue weighted by Gasteiger charge is 2.11. The molecule has 27 heavy (non-hydrogen) atoms. The number of hydrogen-bond donors (Lipinski definition) is 0. The summed E-state index contributed by atoms with van der Waals surface area (Å²) in [6.07, 6.45) is 2.98. The Hall–Kier alpha value is -3.26. The summed E-state index contributed by atoms with van der Waals surface area (Å²) in [4.78, 5) is 33.8. The van der Waals surface area contributed by atoms with Gasteiger partial charge >= 0.3 is 5.97 Å². The van der Waals surface area contributed by atoms with Gasteiger partial charge in [0, 0.05) is 6.54 Å². The molecule has 0 radical (unpaired) electrons. The van der Waals surface area contributed by atoms with E-state index in [0.29, 0.717) is 22.5 Å². The van der Waals surface area contributed by atoms with E-state index in [0.717, 1.165) is 4.88 Å². The minimum absolute atomic E-state index is 0.0264. The molecule has 4 rings (SSSR count). The van der Waals surface area contributed by atoms with Crippen LogP contribution in [-0.4, -0.2) is 20.5 Å². The second-order valence-corrected chi connectivity index (χ2v) is 6.74. The van der Waals surface area contributed by atoms with Crippen molar-refractivity contribution in [3.63, 3.8) is 0 Å². The fraction of sp³-hybridized carbons (Fsp3) is 0.158. The summed E-state index contributed by atoms with van der Waals surface area (Å²) < 4.78 is 12.0. The van der Waals surface area contributed by atoms with E-state index < -0.39 is 5.97 Å². The Bertz CT molecular complexity index is 1130. The van der Waals surface area contributed by atoms with Gasteiger partial charge in [0.15, 0.2) is 0 Å². The summed E-state index contributed by atoms with van der Waals surface area (Å²) in [7, 11) is 0. The van der Waals surface area contributed by atoms with Gasteiger partial charge in [0.05, 0.1) is 28.5 Å². The van der Waals surface area contributed by atoms with E-state index in [1.165, 1.54) is 28.5 Å². The average molecular weight is 381 g/mol. The van der Waals surface area contributed by atoms with Crippen LogP contribution in [0.2, 0.25) is 0 Å².